The Morgan fingerprint density at radius 3 is 3.11 bits per heavy atom. The van der Waals surface area contributed by atoms with Crippen molar-refractivity contribution in [2.75, 3.05) is 52.2 Å². The first-order chi connectivity index (χ1) is 13.0. The van der Waals surface area contributed by atoms with Crippen molar-refractivity contribution < 1.29 is 19.4 Å². The van der Waals surface area contributed by atoms with Gasteiger partial charge in [0.2, 0.25) is 0 Å². The minimum absolute atomic E-state index is 0.0332. The maximum absolute atomic E-state index is 12.7. The van der Waals surface area contributed by atoms with Crippen LogP contribution in [-0.4, -0.2) is 68.5 Å². The smallest absolute Gasteiger partial charge is 0.255 e. The second-order valence-corrected chi connectivity index (χ2v) is 7.61. The van der Waals surface area contributed by atoms with Gasteiger partial charge in [0, 0.05) is 51.3 Å². The summed E-state index contributed by atoms with van der Waals surface area (Å²) in [5, 5.41) is 13.7. The number of rotatable bonds is 7. The van der Waals surface area contributed by atoms with E-state index in [2.05, 4.69) is 10.2 Å². The van der Waals surface area contributed by atoms with Gasteiger partial charge in [0.15, 0.2) is 0 Å². The number of nitrogens with two attached hydrogens (primary N) is 1. The van der Waals surface area contributed by atoms with Crippen molar-refractivity contribution in [3.63, 3.8) is 0 Å². The van der Waals surface area contributed by atoms with E-state index in [-0.39, 0.29) is 11.8 Å². The van der Waals surface area contributed by atoms with Gasteiger partial charge in [-0.2, -0.15) is 0 Å². The number of anilines is 1. The number of hydrogen-bond acceptors (Lipinski definition) is 6. The molecule has 1 aromatic carbocycles. The molecule has 27 heavy (non-hydrogen) atoms. The predicted octanol–water partition coefficient (Wildman–Crippen LogP) is 1.31. The normalized spacial score (nSPS) is 22.3. The van der Waals surface area contributed by atoms with Crippen LogP contribution in [0.25, 0.3) is 0 Å². The van der Waals surface area contributed by atoms with Gasteiger partial charge in [0.25, 0.3) is 5.91 Å². The van der Waals surface area contributed by atoms with E-state index < -0.39 is 6.10 Å². The molecule has 0 radical (unpaired) electrons. The molecular formula is C19H28ClN3O4. The van der Waals surface area contributed by atoms with Crippen molar-refractivity contribution in [2.45, 2.75) is 25.4 Å². The summed E-state index contributed by atoms with van der Waals surface area (Å²) in [5.41, 5.74) is 7.68. The van der Waals surface area contributed by atoms with Crippen LogP contribution in [0.2, 0.25) is 5.02 Å². The lowest BCUT2D eigenvalue weighted by atomic mass is 9.93. The molecule has 3 rings (SSSR count). The number of halogens is 1. The SMILES string of the molecule is COCCCN1CC[C@H](CNC(=O)c2cc(Cl)c(N)c3c2OCC3)[C@@H](O)C1. The van der Waals surface area contributed by atoms with Gasteiger partial charge in [0.05, 0.1) is 29.0 Å². The minimum Gasteiger partial charge on any atom is -0.492 e. The summed E-state index contributed by atoms with van der Waals surface area (Å²) in [6.07, 6.45) is 1.99. The fourth-order valence-electron chi connectivity index (χ4n) is 3.77. The van der Waals surface area contributed by atoms with E-state index in [0.717, 1.165) is 38.1 Å². The highest BCUT2D eigenvalue weighted by molar-refractivity contribution is 6.33. The van der Waals surface area contributed by atoms with E-state index in [9.17, 15) is 9.90 Å². The summed E-state index contributed by atoms with van der Waals surface area (Å²) < 4.78 is 10.7. The molecule has 1 fully saturated rings. The number of nitrogens with one attached hydrogen (secondary N) is 1. The van der Waals surface area contributed by atoms with Crippen LogP contribution in [0.1, 0.15) is 28.8 Å². The molecule has 0 saturated carbocycles. The van der Waals surface area contributed by atoms with Crippen LogP contribution in [0, 0.1) is 5.92 Å². The molecule has 8 heteroatoms. The van der Waals surface area contributed by atoms with Crippen LogP contribution in [0.5, 0.6) is 5.75 Å². The third kappa shape index (κ3) is 4.66. The fraction of sp³-hybridized carbons (Fsp3) is 0.632. The predicted molar refractivity (Wildman–Crippen MR) is 104 cm³/mol. The minimum atomic E-state index is -0.460. The molecule has 2 aliphatic rings. The summed E-state index contributed by atoms with van der Waals surface area (Å²) in [4.78, 5) is 14.9. The van der Waals surface area contributed by atoms with Crippen molar-refractivity contribution in [1.82, 2.24) is 10.2 Å². The largest absolute Gasteiger partial charge is 0.492 e. The number of aliphatic hydroxyl groups excluding tert-OH is 1. The van der Waals surface area contributed by atoms with Crippen molar-refractivity contribution in [3.05, 3.63) is 22.2 Å². The van der Waals surface area contributed by atoms with Crippen LogP contribution in [0.15, 0.2) is 6.07 Å². The molecule has 1 amide bonds. The molecule has 0 spiro atoms. The number of methoxy groups -OCH3 is 1. The Labute approximate surface area is 164 Å². The topological polar surface area (TPSA) is 97.1 Å². The number of carbonyl (C=O) groups excluding carboxylic acids is 1. The maximum atomic E-state index is 12.7. The quantitative estimate of drug-likeness (QED) is 0.474. The van der Waals surface area contributed by atoms with Gasteiger partial charge in [-0.05, 0) is 25.5 Å². The highest BCUT2D eigenvalue weighted by Gasteiger charge is 2.29. The third-order valence-corrected chi connectivity index (χ3v) is 5.68. The highest BCUT2D eigenvalue weighted by Crippen LogP contribution is 2.38. The van der Waals surface area contributed by atoms with Crippen molar-refractivity contribution >= 4 is 23.2 Å². The Bertz CT molecular complexity index is 685. The lowest BCUT2D eigenvalue weighted by Gasteiger charge is -2.36. The van der Waals surface area contributed by atoms with Crippen molar-refractivity contribution in [3.8, 4) is 5.75 Å². The Kier molecular flexibility index (Phi) is 6.81. The second-order valence-electron chi connectivity index (χ2n) is 7.20. The lowest BCUT2D eigenvalue weighted by molar-refractivity contribution is 0.0192. The number of fused-ring (bicyclic) bond motifs is 1. The third-order valence-electron chi connectivity index (χ3n) is 5.37. The molecule has 1 saturated heterocycles. The molecular weight excluding hydrogens is 370 g/mol. The summed E-state index contributed by atoms with van der Waals surface area (Å²) in [6, 6.07) is 1.56. The molecule has 150 valence electrons. The average molecular weight is 398 g/mol. The van der Waals surface area contributed by atoms with Crippen molar-refractivity contribution in [2.24, 2.45) is 5.92 Å². The zero-order valence-electron chi connectivity index (χ0n) is 15.7. The average Bonchev–Trinajstić information content (AvgIpc) is 3.14. The summed E-state index contributed by atoms with van der Waals surface area (Å²) in [6.45, 7) is 4.09. The summed E-state index contributed by atoms with van der Waals surface area (Å²) in [7, 11) is 1.69. The summed E-state index contributed by atoms with van der Waals surface area (Å²) >= 11 is 6.17. The Morgan fingerprint density at radius 2 is 2.37 bits per heavy atom. The first-order valence-electron chi connectivity index (χ1n) is 9.42. The van der Waals surface area contributed by atoms with E-state index in [1.807, 2.05) is 0 Å². The number of piperidine rings is 1. The second kappa shape index (κ2) is 9.10. The Balaban J connectivity index is 1.55. The number of likely N-dealkylation sites (tertiary alicyclic amines) is 1. The molecule has 0 unspecified atom stereocenters. The Morgan fingerprint density at radius 1 is 1.56 bits per heavy atom. The lowest BCUT2D eigenvalue weighted by Crippen LogP contribution is -2.48. The first kappa shape index (κ1) is 20.2. The zero-order chi connectivity index (χ0) is 19.4. The van der Waals surface area contributed by atoms with Gasteiger partial charge < -0.3 is 30.5 Å². The van der Waals surface area contributed by atoms with E-state index in [0.29, 0.717) is 48.1 Å². The van der Waals surface area contributed by atoms with E-state index in [4.69, 9.17) is 26.8 Å². The van der Waals surface area contributed by atoms with Crippen LogP contribution >= 0.6 is 11.6 Å². The number of benzene rings is 1. The van der Waals surface area contributed by atoms with Gasteiger partial charge in [-0.1, -0.05) is 11.6 Å². The Hall–Kier alpha value is -1.54. The van der Waals surface area contributed by atoms with Crippen LogP contribution in [-0.2, 0) is 11.2 Å². The van der Waals surface area contributed by atoms with Gasteiger partial charge in [-0.15, -0.1) is 0 Å². The number of β-amino-alcohol motifs (C(OH)–C–C–N with tert-alkyl or cyclic N) is 1. The highest BCUT2D eigenvalue weighted by atomic mass is 35.5. The molecule has 0 aromatic heterocycles. The number of nitrogens with zero attached hydrogens (tertiary/aromatic N) is 1. The van der Waals surface area contributed by atoms with E-state index in [1.165, 1.54) is 0 Å². The monoisotopic (exact) mass is 397 g/mol. The molecule has 7 nitrogen and oxygen atoms in total. The van der Waals surface area contributed by atoms with Gasteiger partial charge in [-0.25, -0.2) is 0 Å². The standard InChI is InChI=1S/C19H28ClN3O4/c1-26-7-2-5-23-6-3-12(16(24)11-23)10-22-19(25)14-9-15(20)17(21)13-4-8-27-18(13)14/h9,12,16,24H,2-8,10-11,21H2,1H3,(H,22,25)/t12-,16+/m1/s1. The van der Waals surface area contributed by atoms with E-state index >= 15 is 0 Å². The first-order valence-corrected chi connectivity index (χ1v) is 9.80. The van der Waals surface area contributed by atoms with E-state index in [1.54, 1.807) is 13.2 Å². The molecule has 2 aliphatic heterocycles. The van der Waals surface area contributed by atoms with Crippen molar-refractivity contribution in [1.29, 1.82) is 0 Å². The number of hydrogen-bond donors (Lipinski definition) is 3. The zero-order valence-corrected chi connectivity index (χ0v) is 16.4. The number of ether oxygens (including phenoxy) is 2. The fourth-order valence-corrected chi connectivity index (χ4v) is 4.00. The number of nitrogen functional groups attached to an aromatic ring is 1. The molecule has 2 heterocycles. The van der Waals surface area contributed by atoms with Gasteiger partial charge >= 0.3 is 0 Å². The maximum Gasteiger partial charge on any atom is 0.255 e. The van der Waals surface area contributed by atoms with Gasteiger partial charge in [-0.3, -0.25) is 4.79 Å². The molecule has 0 aliphatic carbocycles. The number of aliphatic hydroxyl groups is 1. The summed E-state index contributed by atoms with van der Waals surface area (Å²) in [5.74, 6) is 0.318. The molecule has 4 N–H and O–H groups in total. The van der Waals surface area contributed by atoms with Crippen LogP contribution < -0.4 is 15.8 Å². The molecule has 0 bridgehead atoms. The van der Waals surface area contributed by atoms with Crippen LogP contribution in [0.3, 0.4) is 0 Å². The number of carbonyl (C=O) groups is 1. The molecule has 2 atom stereocenters. The molecule has 1 aromatic rings. The van der Waals surface area contributed by atoms with Crippen LogP contribution in [0.4, 0.5) is 5.69 Å². The van der Waals surface area contributed by atoms with Gasteiger partial charge in [0.1, 0.15) is 5.75 Å². The number of amides is 1.